The van der Waals surface area contributed by atoms with Gasteiger partial charge in [-0.25, -0.2) is 0 Å². The fraction of sp³-hybridized carbons (Fsp3) is 0.167. The standard InChI is InChI=1S/C6H9N3O/c1-9-4-2-3-5(8-7)6(9)10/h2-4,8H,7H2,1H3. The van der Waals surface area contributed by atoms with Gasteiger partial charge in [-0.05, 0) is 12.1 Å². The number of nitrogens with two attached hydrogens (primary N) is 1. The molecule has 10 heavy (non-hydrogen) atoms. The van der Waals surface area contributed by atoms with Crippen molar-refractivity contribution in [2.45, 2.75) is 0 Å². The van der Waals surface area contributed by atoms with Crippen LogP contribution in [0.4, 0.5) is 5.69 Å². The Balaban J connectivity index is 3.28. The summed E-state index contributed by atoms with van der Waals surface area (Å²) in [5.41, 5.74) is 2.59. The van der Waals surface area contributed by atoms with Crippen molar-refractivity contribution < 1.29 is 0 Å². The number of hydrazine groups is 1. The molecule has 0 bridgehead atoms. The van der Waals surface area contributed by atoms with E-state index in [1.165, 1.54) is 4.57 Å². The number of anilines is 1. The number of pyridine rings is 1. The van der Waals surface area contributed by atoms with Gasteiger partial charge in [0.05, 0.1) is 0 Å². The van der Waals surface area contributed by atoms with Crippen molar-refractivity contribution in [2.24, 2.45) is 12.9 Å². The minimum absolute atomic E-state index is 0.120. The first-order chi connectivity index (χ1) is 4.75. The molecular formula is C6H9N3O. The van der Waals surface area contributed by atoms with Gasteiger partial charge in [-0.2, -0.15) is 0 Å². The monoisotopic (exact) mass is 139 g/mol. The van der Waals surface area contributed by atoms with Crippen molar-refractivity contribution in [3.8, 4) is 0 Å². The normalized spacial score (nSPS) is 9.40. The van der Waals surface area contributed by atoms with Crippen molar-refractivity contribution in [3.63, 3.8) is 0 Å². The Morgan fingerprint density at radius 2 is 2.40 bits per heavy atom. The molecule has 4 heteroatoms. The van der Waals surface area contributed by atoms with Crippen LogP contribution in [0.3, 0.4) is 0 Å². The minimum atomic E-state index is -0.120. The lowest BCUT2D eigenvalue weighted by Gasteiger charge is -1.99. The molecule has 0 atom stereocenters. The number of aryl methyl sites for hydroxylation is 1. The molecule has 0 aliphatic rings. The quantitative estimate of drug-likeness (QED) is 0.413. The lowest BCUT2D eigenvalue weighted by Crippen LogP contribution is -2.22. The average Bonchev–Trinajstić information content (AvgIpc) is 1.95. The minimum Gasteiger partial charge on any atom is -0.319 e. The van der Waals surface area contributed by atoms with Crippen LogP contribution in [0.2, 0.25) is 0 Å². The Kier molecular flexibility index (Phi) is 1.73. The highest BCUT2D eigenvalue weighted by atomic mass is 16.1. The maximum Gasteiger partial charge on any atom is 0.274 e. The predicted octanol–water partition coefficient (Wildman–Crippen LogP) is -0.329. The van der Waals surface area contributed by atoms with Crippen molar-refractivity contribution >= 4 is 5.69 Å². The van der Waals surface area contributed by atoms with E-state index in [4.69, 9.17) is 5.84 Å². The molecule has 1 aromatic rings. The molecule has 1 heterocycles. The first-order valence-corrected chi connectivity index (χ1v) is 2.88. The van der Waals surface area contributed by atoms with Gasteiger partial charge < -0.3 is 9.99 Å². The number of hydrogen-bond donors (Lipinski definition) is 2. The van der Waals surface area contributed by atoms with Gasteiger partial charge in [-0.15, -0.1) is 0 Å². The SMILES string of the molecule is Cn1cccc(NN)c1=O. The zero-order valence-corrected chi connectivity index (χ0v) is 5.66. The van der Waals surface area contributed by atoms with Crippen LogP contribution in [-0.2, 0) is 7.05 Å². The highest BCUT2D eigenvalue weighted by Gasteiger charge is 1.94. The second-order valence-electron chi connectivity index (χ2n) is 1.98. The molecule has 0 amide bonds. The van der Waals surface area contributed by atoms with Crippen molar-refractivity contribution in [1.29, 1.82) is 0 Å². The van der Waals surface area contributed by atoms with Crippen molar-refractivity contribution in [1.82, 2.24) is 4.57 Å². The first kappa shape index (κ1) is 6.82. The highest BCUT2D eigenvalue weighted by molar-refractivity contribution is 5.38. The second-order valence-corrected chi connectivity index (χ2v) is 1.98. The van der Waals surface area contributed by atoms with Crippen LogP contribution in [0.1, 0.15) is 0 Å². The summed E-state index contributed by atoms with van der Waals surface area (Å²) in [4.78, 5) is 11.0. The highest BCUT2D eigenvalue weighted by Crippen LogP contribution is 1.92. The summed E-state index contributed by atoms with van der Waals surface area (Å²) in [7, 11) is 1.67. The van der Waals surface area contributed by atoms with Gasteiger partial charge in [0.2, 0.25) is 0 Å². The Labute approximate surface area is 58.2 Å². The summed E-state index contributed by atoms with van der Waals surface area (Å²) < 4.78 is 1.45. The lowest BCUT2D eigenvalue weighted by atomic mass is 10.4. The Morgan fingerprint density at radius 3 is 2.90 bits per heavy atom. The van der Waals surface area contributed by atoms with Crippen molar-refractivity contribution in [2.75, 3.05) is 5.43 Å². The number of aromatic nitrogens is 1. The van der Waals surface area contributed by atoms with E-state index in [9.17, 15) is 4.79 Å². The topological polar surface area (TPSA) is 60.1 Å². The summed E-state index contributed by atoms with van der Waals surface area (Å²) in [5.74, 6) is 5.06. The molecule has 0 radical (unpaired) electrons. The van der Waals surface area contributed by atoms with E-state index >= 15 is 0 Å². The van der Waals surface area contributed by atoms with Crippen LogP contribution in [-0.4, -0.2) is 4.57 Å². The maximum absolute atomic E-state index is 11.0. The van der Waals surface area contributed by atoms with Gasteiger partial charge >= 0.3 is 0 Å². The Morgan fingerprint density at radius 1 is 1.70 bits per heavy atom. The summed E-state index contributed by atoms with van der Waals surface area (Å²) in [6.45, 7) is 0. The molecule has 54 valence electrons. The molecule has 4 nitrogen and oxygen atoms in total. The first-order valence-electron chi connectivity index (χ1n) is 2.88. The van der Waals surface area contributed by atoms with Gasteiger partial charge in [0.15, 0.2) is 0 Å². The van der Waals surface area contributed by atoms with Crippen LogP contribution in [0.15, 0.2) is 23.1 Å². The van der Waals surface area contributed by atoms with E-state index in [0.29, 0.717) is 5.69 Å². The molecule has 3 N–H and O–H groups in total. The third kappa shape index (κ3) is 1.01. The van der Waals surface area contributed by atoms with Crippen LogP contribution >= 0.6 is 0 Å². The summed E-state index contributed by atoms with van der Waals surface area (Å²) in [6, 6.07) is 3.37. The van der Waals surface area contributed by atoms with Gasteiger partial charge in [0.1, 0.15) is 5.69 Å². The Bertz CT molecular complexity index is 279. The smallest absolute Gasteiger partial charge is 0.274 e. The van der Waals surface area contributed by atoms with Crippen LogP contribution in [0.25, 0.3) is 0 Å². The molecule has 0 aliphatic heterocycles. The van der Waals surface area contributed by atoms with E-state index in [0.717, 1.165) is 0 Å². The van der Waals surface area contributed by atoms with E-state index in [2.05, 4.69) is 5.43 Å². The number of rotatable bonds is 1. The second kappa shape index (κ2) is 2.53. The molecule has 0 spiro atoms. The molecule has 0 aromatic carbocycles. The van der Waals surface area contributed by atoms with Gasteiger partial charge in [0, 0.05) is 13.2 Å². The summed E-state index contributed by atoms with van der Waals surface area (Å²) in [5, 5.41) is 0. The molecule has 0 aliphatic carbocycles. The number of nitrogens with one attached hydrogen (secondary N) is 1. The van der Waals surface area contributed by atoms with Crippen molar-refractivity contribution in [3.05, 3.63) is 28.7 Å². The molecule has 0 unspecified atom stereocenters. The predicted molar refractivity (Wildman–Crippen MR) is 39.5 cm³/mol. The van der Waals surface area contributed by atoms with Gasteiger partial charge in [-0.3, -0.25) is 10.6 Å². The van der Waals surface area contributed by atoms with Crippen LogP contribution in [0, 0.1) is 0 Å². The average molecular weight is 139 g/mol. The number of nitrogens with zero attached hydrogens (tertiary/aromatic N) is 1. The fourth-order valence-corrected chi connectivity index (χ4v) is 0.707. The molecule has 1 rings (SSSR count). The van der Waals surface area contributed by atoms with Gasteiger partial charge in [0.25, 0.3) is 5.56 Å². The van der Waals surface area contributed by atoms with Crippen LogP contribution in [0.5, 0.6) is 0 Å². The summed E-state index contributed by atoms with van der Waals surface area (Å²) in [6.07, 6.45) is 1.67. The molecule has 0 fully saturated rings. The molecular weight excluding hydrogens is 130 g/mol. The van der Waals surface area contributed by atoms with Crippen LogP contribution < -0.4 is 16.8 Å². The third-order valence-electron chi connectivity index (χ3n) is 1.28. The zero-order chi connectivity index (χ0) is 7.56. The zero-order valence-electron chi connectivity index (χ0n) is 5.66. The molecule has 1 aromatic heterocycles. The summed E-state index contributed by atoms with van der Waals surface area (Å²) >= 11 is 0. The van der Waals surface area contributed by atoms with E-state index in [-0.39, 0.29) is 5.56 Å². The number of nitrogen functional groups attached to an aromatic ring is 1. The maximum atomic E-state index is 11.0. The third-order valence-corrected chi connectivity index (χ3v) is 1.28. The fourth-order valence-electron chi connectivity index (χ4n) is 0.707. The van der Waals surface area contributed by atoms with E-state index in [1.807, 2.05) is 0 Å². The molecule has 0 saturated heterocycles. The number of hydrogen-bond acceptors (Lipinski definition) is 3. The van der Waals surface area contributed by atoms with E-state index in [1.54, 1.807) is 25.4 Å². The largest absolute Gasteiger partial charge is 0.319 e. The molecule has 0 saturated carbocycles. The Hall–Kier alpha value is -1.29. The van der Waals surface area contributed by atoms with Gasteiger partial charge in [-0.1, -0.05) is 0 Å². The lowest BCUT2D eigenvalue weighted by molar-refractivity contribution is 0.861. The van der Waals surface area contributed by atoms with E-state index < -0.39 is 0 Å².